The van der Waals surface area contributed by atoms with Crippen molar-refractivity contribution in [3.8, 4) is 0 Å². The highest BCUT2D eigenvalue weighted by Gasteiger charge is 2.15. The zero-order chi connectivity index (χ0) is 13.9. The molecular weight excluding hydrogens is 256 g/mol. The number of hydrogen-bond donors (Lipinski definition) is 2. The standard InChI is InChI=1S/C15H24N2OS/c1-15(2,3)17-8-7-14(18)16-10-12-9-11-5-4-6-13(11)19-12/h9,17H,4-8,10H2,1-3H3,(H,16,18). The first-order chi connectivity index (χ1) is 8.94. The molecule has 0 bridgehead atoms. The fourth-order valence-electron chi connectivity index (χ4n) is 2.30. The molecule has 1 aliphatic rings. The van der Waals surface area contributed by atoms with Crippen LogP contribution in [0, 0.1) is 0 Å². The Balaban J connectivity index is 1.68. The molecule has 1 amide bonds. The molecule has 1 aromatic heterocycles. The van der Waals surface area contributed by atoms with Gasteiger partial charge in [-0.05, 0) is 51.7 Å². The Morgan fingerprint density at radius 2 is 2.16 bits per heavy atom. The maximum absolute atomic E-state index is 11.7. The van der Waals surface area contributed by atoms with Crippen molar-refractivity contribution < 1.29 is 4.79 Å². The van der Waals surface area contributed by atoms with Crippen LogP contribution in [0.15, 0.2) is 6.07 Å². The van der Waals surface area contributed by atoms with Crippen molar-refractivity contribution in [1.82, 2.24) is 10.6 Å². The maximum Gasteiger partial charge on any atom is 0.221 e. The number of fused-ring (bicyclic) bond motifs is 1. The summed E-state index contributed by atoms with van der Waals surface area (Å²) in [4.78, 5) is 14.6. The zero-order valence-corrected chi connectivity index (χ0v) is 13.0. The molecule has 0 saturated carbocycles. The first-order valence-corrected chi connectivity index (χ1v) is 7.88. The van der Waals surface area contributed by atoms with Gasteiger partial charge in [0.2, 0.25) is 5.91 Å². The highest BCUT2D eigenvalue weighted by molar-refractivity contribution is 7.12. The van der Waals surface area contributed by atoms with Crippen molar-refractivity contribution in [3.63, 3.8) is 0 Å². The van der Waals surface area contributed by atoms with Crippen LogP contribution in [0.5, 0.6) is 0 Å². The third kappa shape index (κ3) is 4.62. The van der Waals surface area contributed by atoms with Gasteiger partial charge in [0.05, 0.1) is 6.54 Å². The molecule has 0 aliphatic heterocycles. The molecule has 2 rings (SSSR count). The van der Waals surface area contributed by atoms with E-state index in [1.807, 2.05) is 11.3 Å². The molecular formula is C15H24N2OS. The van der Waals surface area contributed by atoms with E-state index < -0.39 is 0 Å². The molecule has 0 unspecified atom stereocenters. The molecule has 1 aliphatic carbocycles. The average molecular weight is 280 g/mol. The Morgan fingerprint density at radius 1 is 1.37 bits per heavy atom. The molecule has 106 valence electrons. The average Bonchev–Trinajstić information content (AvgIpc) is 2.84. The molecule has 4 heteroatoms. The van der Waals surface area contributed by atoms with Crippen LogP contribution in [0.1, 0.15) is 48.9 Å². The minimum Gasteiger partial charge on any atom is -0.351 e. The van der Waals surface area contributed by atoms with E-state index in [-0.39, 0.29) is 11.4 Å². The lowest BCUT2D eigenvalue weighted by atomic mass is 10.1. The molecule has 0 aromatic carbocycles. The molecule has 3 nitrogen and oxygen atoms in total. The molecule has 1 heterocycles. The van der Waals surface area contributed by atoms with E-state index in [4.69, 9.17) is 0 Å². The second-order valence-electron chi connectivity index (χ2n) is 6.22. The van der Waals surface area contributed by atoms with Crippen LogP contribution >= 0.6 is 11.3 Å². The van der Waals surface area contributed by atoms with Gasteiger partial charge in [-0.25, -0.2) is 0 Å². The summed E-state index contributed by atoms with van der Waals surface area (Å²) >= 11 is 1.86. The third-order valence-corrected chi connectivity index (χ3v) is 4.50. The summed E-state index contributed by atoms with van der Waals surface area (Å²) in [5, 5.41) is 6.33. The Labute approximate surface area is 119 Å². The minimum absolute atomic E-state index is 0.0782. The van der Waals surface area contributed by atoms with Crippen LogP contribution in [0.4, 0.5) is 0 Å². The van der Waals surface area contributed by atoms with E-state index in [0.29, 0.717) is 13.0 Å². The predicted octanol–water partition coefficient (Wildman–Crippen LogP) is 2.63. The lowest BCUT2D eigenvalue weighted by molar-refractivity contribution is -0.121. The maximum atomic E-state index is 11.7. The number of hydrogen-bond acceptors (Lipinski definition) is 3. The van der Waals surface area contributed by atoms with Crippen molar-refractivity contribution in [2.24, 2.45) is 0 Å². The van der Waals surface area contributed by atoms with Crippen molar-refractivity contribution >= 4 is 17.2 Å². The molecule has 19 heavy (non-hydrogen) atoms. The van der Waals surface area contributed by atoms with Crippen LogP contribution in [-0.4, -0.2) is 18.0 Å². The number of rotatable bonds is 5. The highest BCUT2D eigenvalue weighted by Crippen LogP contribution is 2.30. The SMILES string of the molecule is CC(C)(C)NCCC(=O)NCc1cc2c(s1)CCC2. The Kier molecular flexibility index (Phi) is 4.63. The first kappa shape index (κ1) is 14.5. The summed E-state index contributed by atoms with van der Waals surface area (Å²) in [6, 6.07) is 2.26. The summed E-state index contributed by atoms with van der Waals surface area (Å²) in [6.45, 7) is 7.75. The van der Waals surface area contributed by atoms with Gasteiger partial charge in [-0.2, -0.15) is 0 Å². The normalized spacial score (nSPS) is 14.5. The second-order valence-corrected chi connectivity index (χ2v) is 7.44. The summed E-state index contributed by atoms with van der Waals surface area (Å²) in [7, 11) is 0. The monoisotopic (exact) mass is 280 g/mol. The van der Waals surface area contributed by atoms with E-state index in [2.05, 4.69) is 37.5 Å². The van der Waals surface area contributed by atoms with Crippen LogP contribution in [-0.2, 0) is 24.2 Å². The lowest BCUT2D eigenvalue weighted by Gasteiger charge is -2.20. The summed E-state index contributed by atoms with van der Waals surface area (Å²) in [6.07, 6.45) is 4.29. The first-order valence-electron chi connectivity index (χ1n) is 7.06. The summed E-state index contributed by atoms with van der Waals surface area (Å²) in [5.41, 5.74) is 1.58. The fraction of sp³-hybridized carbons (Fsp3) is 0.667. The van der Waals surface area contributed by atoms with Crippen LogP contribution in [0.3, 0.4) is 0 Å². The smallest absolute Gasteiger partial charge is 0.221 e. The summed E-state index contributed by atoms with van der Waals surface area (Å²) < 4.78 is 0. The minimum atomic E-state index is 0.0782. The van der Waals surface area contributed by atoms with Gasteiger partial charge in [0.1, 0.15) is 0 Å². The van der Waals surface area contributed by atoms with Gasteiger partial charge < -0.3 is 10.6 Å². The largest absolute Gasteiger partial charge is 0.351 e. The molecule has 1 aromatic rings. The molecule has 2 N–H and O–H groups in total. The van der Waals surface area contributed by atoms with Crippen molar-refractivity contribution in [2.75, 3.05) is 6.54 Å². The molecule has 0 radical (unpaired) electrons. The quantitative estimate of drug-likeness (QED) is 0.870. The number of carbonyl (C=O) groups excluding carboxylic acids is 1. The van der Waals surface area contributed by atoms with E-state index in [0.717, 1.165) is 6.54 Å². The zero-order valence-electron chi connectivity index (χ0n) is 12.1. The second kappa shape index (κ2) is 6.06. The molecule has 0 atom stereocenters. The van der Waals surface area contributed by atoms with E-state index in [1.165, 1.54) is 34.6 Å². The van der Waals surface area contributed by atoms with Gasteiger partial charge in [0.15, 0.2) is 0 Å². The van der Waals surface area contributed by atoms with E-state index >= 15 is 0 Å². The van der Waals surface area contributed by atoms with Crippen molar-refractivity contribution in [3.05, 3.63) is 21.4 Å². The lowest BCUT2D eigenvalue weighted by Crippen LogP contribution is -2.38. The number of nitrogens with one attached hydrogen (secondary N) is 2. The van der Waals surface area contributed by atoms with Gasteiger partial charge in [0, 0.05) is 28.3 Å². The van der Waals surface area contributed by atoms with Gasteiger partial charge in [-0.1, -0.05) is 0 Å². The highest BCUT2D eigenvalue weighted by atomic mass is 32.1. The third-order valence-electron chi connectivity index (χ3n) is 3.26. The fourth-order valence-corrected chi connectivity index (χ4v) is 3.50. The molecule has 0 fully saturated rings. The van der Waals surface area contributed by atoms with E-state index in [1.54, 1.807) is 0 Å². The van der Waals surface area contributed by atoms with Gasteiger partial charge in [-0.3, -0.25) is 4.79 Å². The number of aryl methyl sites for hydroxylation is 2. The summed E-state index contributed by atoms with van der Waals surface area (Å²) in [5.74, 6) is 0.130. The van der Waals surface area contributed by atoms with Gasteiger partial charge in [0.25, 0.3) is 0 Å². The van der Waals surface area contributed by atoms with Crippen LogP contribution in [0.25, 0.3) is 0 Å². The van der Waals surface area contributed by atoms with Gasteiger partial charge >= 0.3 is 0 Å². The molecule has 0 saturated heterocycles. The molecule has 0 spiro atoms. The Bertz CT molecular complexity index is 424. The number of carbonyl (C=O) groups is 1. The number of thiophene rings is 1. The van der Waals surface area contributed by atoms with Crippen molar-refractivity contribution in [2.45, 2.75) is 58.5 Å². The van der Waals surface area contributed by atoms with Crippen molar-refractivity contribution in [1.29, 1.82) is 0 Å². The topological polar surface area (TPSA) is 41.1 Å². The van der Waals surface area contributed by atoms with E-state index in [9.17, 15) is 4.79 Å². The Morgan fingerprint density at radius 3 is 2.84 bits per heavy atom. The number of amides is 1. The van der Waals surface area contributed by atoms with Crippen LogP contribution < -0.4 is 10.6 Å². The predicted molar refractivity (Wildman–Crippen MR) is 80.6 cm³/mol. The Hall–Kier alpha value is -0.870. The van der Waals surface area contributed by atoms with Gasteiger partial charge in [-0.15, -0.1) is 11.3 Å². The van der Waals surface area contributed by atoms with Crippen LogP contribution in [0.2, 0.25) is 0 Å².